The van der Waals surface area contributed by atoms with Gasteiger partial charge in [-0.1, -0.05) is 60.7 Å². The highest BCUT2D eigenvalue weighted by molar-refractivity contribution is 5.90. The topological polar surface area (TPSA) is 81.4 Å². The van der Waals surface area contributed by atoms with Crippen LogP contribution in [-0.4, -0.2) is 27.7 Å². The summed E-state index contributed by atoms with van der Waals surface area (Å²) < 4.78 is 6.30. The first-order chi connectivity index (χ1) is 12.6. The lowest BCUT2D eigenvalue weighted by molar-refractivity contribution is 0.0582. The molecule has 132 valence electrons. The Morgan fingerprint density at radius 3 is 2.19 bits per heavy atom. The molecule has 1 aromatic heterocycles. The number of hydrogen-bond acceptors (Lipinski definition) is 5. The maximum Gasteiger partial charge on any atom is 0.358 e. The second kappa shape index (κ2) is 7.65. The third kappa shape index (κ3) is 3.64. The Morgan fingerprint density at radius 2 is 1.62 bits per heavy atom. The normalized spacial score (nSPS) is 10.5. The molecule has 6 heteroatoms. The van der Waals surface area contributed by atoms with Crippen molar-refractivity contribution < 1.29 is 14.6 Å². The summed E-state index contributed by atoms with van der Waals surface area (Å²) >= 11 is 0. The second-order valence-electron chi connectivity index (χ2n) is 5.76. The SMILES string of the molecule is COC(=O)c1c(O)c(=O)nc(Cc2ccccc2)n1Cc1ccccc1. The third-order valence-electron chi connectivity index (χ3n) is 4.01. The van der Waals surface area contributed by atoms with E-state index in [1.807, 2.05) is 60.7 Å². The fourth-order valence-electron chi connectivity index (χ4n) is 2.74. The number of esters is 1. The van der Waals surface area contributed by atoms with Crippen LogP contribution < -0.4 is 5.56 Å². The standard InChI is InChI=1S/C20H18N2O4/c1-26-20(25)17-18(23)19(24)21-16(12-14-8-4-2-5-9-14)22(17)13-15-10-6-3-7-11-15/h2-11,23H,12-13H2,1H3. The molecule has 0 bridgehead atoms. The monoisotopic (exact) mass is 350 g/mol. The molecular formula is C20H18N2O4. The Hall–Kier alpha value is -3.41. The van der Waals surface area contributed by atoms with Crippen molar-refractivity contribution in [3.05, 3.63) is 93.7 Å². The molecule has 3 rings (SSSR count). The quantitative estimate of drug-likeness (QED) is 0.715. The van der Waals surface area contributed by atoms with E-state index in [0.29, 0.717) is 12.2 Å². The Morgan fingerprint density at radius 1 is 1.04 bits per heavy atom. The van der Waals surface area contributed by atoms with E-state index in [-0.39, 0.29) is 12.2 Å². The van der Waals surface area contributed by atoms with Crippen molar-refractivity contribution in [3.8, 4) is 5.75 Å². The zero-order valence-electron chi connectivity index (χ0n) is 14.3. The minimum Gasteiger partial charge on any atom is -0.501 e. The smallest absolute Gasteiger partial charge is 0.358 e. The van der Waals surface area contributed by atoms with Crippen LogP contribution in [0.2, 0.25) is 0 Å². The maximum absolute atomic E-state index is 12.2. The number of aromatic hydroxyl groups is 1. The number of aromatic nitrogens is 2. The number of ether oxygens (including phenoxy) is 1. The van der Waals surface area contributed by atoms with Gasteiger partial charge < -0.3 is 14.4 Å². The number of carbonyl (C=O) groups is 1. The first-order valence-electron chi connectivity index (χ1n) is 8.09. The molecule has 0 aliphatic carbocycles. The molecule has 2 aromatic carbocycles. The van der Waals surface area contributed by atoms with Gasteiger partial charge in [0.05, 0.1) is 7.11 Å². The van der Waals surface area contributed by atoms with E-state index in [0.717, 1.165) is 11.1 Å². The van der Waals surface area contributed by atoms with Crippen molar-refractivity contribution in [1.82, 2.24) is 9.55 Å². The molecule has 0 spiro atoms. The van der Waals surface area contributed by atoms with E-state index in [2.05, 4.69) is 4.98 Å². The van der Waals surface area contributed by atoms with Gasteiger partial charge >= 0.3 is 11.5 Å². The maximum atomic E-state index is 12.2. The highest BCUT2D eigenvalue weighted by Crippen LogP contribution is 2.18. The summed E-state index contributed by atoms with van der Waals surface area (Å²) in [7, 11) is 1.20. The minimum atomic E-state index is -0.847. The van der Waals surface area contributed by atoms with E-state index < -0.39 is 17.3 Å². The first kappa shape index (κ1) is 17.4. The van der Waals surface area contributed by atoms with Crippen LogP contribution in [0.4, 0.5) is 0 Å². The fourth-order valence-corrected chi connectivity index (χ4v) is 2.74. The van der Waals surface area contributed by atoms with Crippen LogP contribution in [0.25, 0.3) is 0 Å². The number of rotatable bonds is 5. The van der Waals surface area contributed by atoms with Crippen LogP contribution >= 0.6 is 0 Å². The average molecular weight is 350 g/mol. The molecule has 26 heavy (non-hydrogen) atoms. The fraction of sp³-hybridized carbons (Fsp3) is 0.150. The van der Waals surface area contributed by atoms with Crippen LogP contribution in [0.1, 0.15) is 27.4 Å². The van der Waals surface area contributed by atoms with E-state index >= 15 is 0 Å². The number of carbonyl (C=O) groups excluding carboxylic acids is 1. The highest BCUT2D eigenvalue weighted by atomic mass is 16.5. The predicted octanol–water partition coefficient (Wildman–Crippen LogP) is 2.37. The van der Waals surface area contributed by atoms with Gasteiger partial charge in [-0.2, -0.15) is 4.98 Å². The lowest BCUT2D eigenvalue weighted by atomic mass is 10.1. The van der Waals surface area contributed by atoms with Crippen LogP contribution in [-0.2, 0) is 17.7 Å². The Bertz CT molecular complexity index is 966. The molecule has 0 saturated carbocycles. The largest absolute Gasteiger partial charge is 0.501 e. The number of nitrogens with zero attached hydrogens (tertiary/aromatic N) is 2. The van der Waals surface area contributed by atoms with Crippen molar-refractivity contribution in [1.29, 1.82) is 0 Å². The molecule has 0 fully saturated rings. The van der Waals surface area contributed by atoms with Gasteiger partial charge in [-0.3, -0.25) is 4.79 Å². The zero-order valence-corrected chi connectivity index (χ0v) is 14.3. The molecule has 0 amide bonds. The lowest BCUT2D eigenvalue weighted by Gasteiger charge is -2.17. The van der Waals surface area contributed by atoms with Gasteiger partial charge in [-0.05, 0) is 11.1 Å². The van der Waals surface area contributed by atoms with Crippen molar-refractivity contribution in [3.63, 3.8) is 0 Å². The third-order valence-corrected chi connectivity index (χ3v) is 4.01. The van der Waals surface area contributed by atoms with Crippen LogP contribution in [0.5, 0.6) is 5.75 Å². The summed E-state index contributed by atoms with van der Waals surface area (Å²) in [4.78, 5) is 28.3. The van der Waals surface area contributed by atoms with Crippen LogP contribution in [0, 0.1) is 0 Å². The highest BCUT2D eigenvalue weighted by Gasteiger charge is 2.23. The lowest BCUT2D eigenvalue weighted by Crippen LogP contribution is -2.26. The van der Waals surface area contributed by atoms with E-state index in [1.165, 1.54) is 11.7 Å². The number of methoxy groups -OCH3 is 1. The van der Waals surface area contributed by atoms with E-state index in [4.69, 9.17) is 4.74 Å². The van der Waals surface area contributed by atoms with Crippen molar-refractivity contribution in [2.45, 2.75) is 13.0 Å². The molecule has 0 aliphatic rings. The summed E-state index contributed by atoms with van der Waals surface area (Å²) in [6.45, 7) is 0.272. The Kier molecular flexibility index (Phi) is 5.12. The molecule has 1 heterocycles. The van der Waals surface area contributed by atoms with Crippen molar-refractivity contribution in [2.24, 2.45) is 0 Å². The van der Waals surface area contributed by atoms with Gasteiger partial charge in [0, 0.05) is 13.0 Å². The molecule has 0 radical (unpaired) electrons. The second-order valence-corrected chi connectivity index (χ2v) is 5.76. The molecule has 1 N–H and O–H groups in total. The number of benzene rings is 2. The Labute approximate surface area is 150 Å². The molecule has 6 nitrogen and oxygen atoms in total. The molecule has 0 unspecified atom stereocenters. The Balaban J connectivity index is 2.16. The van der Waals surface area contributed by atoms with Gasteiger partial charge in [-0.15, -0.1) is 0 Å². The molecule has 0 atom stereocenters. The zero-order chi connectivity index (χ0) is 18.5. The molecular weight excluding hydrogens is 332 g/mol. The van der Waals surface area contributed by atoms with Gasteiger partial charge in [0.1, 0.15) is 5.82 Å². The summed E-state index contributed by atoms with van der Waals surface area (Å²) in [5, 5.41) is 10.2. The summed E-state index contributed by atoms with van der Waals surface area (Å²) in [5.41, 5.74) is 0.794. The van der Waals surface area contributed by atoms with E-state index in [9.17, 15) is 14.7 Å². The molecule has 3 aromatic rings. The van der Waals surface area contributed by atoms with Crippen LogP contribution in [0.15, 0.2) is 65.5 Å². The van der Waals surface area contributed by atoms with Crippen LogP contribution in [0.3, 0.4) is 0 Å². The minimum absolute atomic E-state index is 0.192. The first-order valence-corrected chi connectivity index (χ1v) is 8.09. The average Bonchev–Trinajstić information content (AvgIpc) is 2.67. The van der Waals surface area contributed by atoms with Crippen molar-refractivity contribution in [2.75, 3.05) is 7.11 Å². The summed E-state index contributed by atoms with van der Waals surface area (Å²) in [6.07, 6.45) is 0.340. The van der Waals surface area contributed by atoms with Crippen molar-refractivity contribution >= 4 is 5.97 Å². The van der Waals surface area contributed by atoms with Gasteiger partial charge in [-0.25, -0.2) is 4.79 Å². The summed E-state index contributed by atoms with van der Waals surface area (Å²) in [5.74, 6) is -1.11. The van der Waals surface area contributed by atoms with Gasteiger partial charge in [0.25, 0.3) is 0 Å². The molecule has 0 aliphatic heterocycles. The molecule has 0 saturated heterocycles. The van der Waals surface area contributed by atoms with Gasteiger partial charge in [0.15, 0.2) is 5.69 Å². The van der Waals surface area contributed by atoms with E-state index in [1.54, 1.807) is 0 Å². The summed E-state index contributed by atoms with van der Waals surface area (Å²) in [6, 6.07) is 18.9. The van der Waals surface area contributed by atoms with Gasteiger partial charge in [0.2, 0.25) is 5.75 Å². The number of hydrogen-bond donors (Lipinski definition) is 1. The predicted molar refractivity (Wildman–Crippen MR) is 96.3 cm³/mol.